The Morgan fingerprint density at radius 1 is 1.53 bits per heavy atom. The molecule has 0 saturated carbocycles. The molecule has 17 heavy (non-hydrogen) atoms. The molecule has 0 fully saturated rings. The molecule has 0 atom stereocenters. The van der Waals surface area contributed by atoms with Crippen LogP contribution in [-0.4, -0.2) is 18.1 Å². The largest absolute Gasteiger partial charge is 0.464 e. The summed E-state index contributed by atoms with van der Waals surface area (Å²) >= 11 is 4.45. The summed E-state index contributed by atoms with van der Waals surface area (Å²) < 4.78 is 18.8. The van der Waals surface area contributed by atoms with E-state index in [1.54, 1.807) is 17.5 Å². The molecule has 0 radical (unpaired) electrons. The van der Waals surface area contributed by atoms with Gasteiger partial charge in [-0.2, -0.15) is 0 Å². The Kier molecular flexibility index (Phi) is 3.54. The fourth-order valence-electron chi connectivity index (χ4n) is 1.29. The Morgan fingerprint density at radius 2 is 2.29 bits per heavy atom. The third-order valence-electron chi connectivity index (χ3n) is 2.08. The van der Waals surface area contributed by atoms with E-state index in [-0.39, 0.29) is 11.5 Å². The maximum absolute atomic E-state index is 13.6. The van der Waals surface area contributed by atoms with E-state index in [0.29, 0.717) is 15.0 Å². The number of methoxy groups -OCH3 is 1. The Balaban J connectivity index is 2.47. The number of rotatable bonds is 2. The molecule has 6 heteroatoms. The van der Waals surface area contributed by atoms with Crippen LogP contribution in [0.25, 0.3) is 10.6 Å². The average Bonchev–Trinajstić information content (AvgIpc) is 2.77. The molecular formula is C11H7BrFNO2S. The smallest absolute Gasteiger partial charge is 0.357 e. The van der Waals surface area contributed by atoms with E-state index >= 15 is 0 Å². The van der Waals surface area contributed by atoms with Gasteiger partial charge in [-0.1, -0.05) is 6.07 Å². The van der Waals surface area contributed by atoms with Gasteiger partial charge < -0.3 is 4.74 Å². The van der Waals surface area contributed by atoms with Crippen LogP contribution in [0.2, 0.25) is 0 Å². The van der Waals surface area contributed by atoms with Crippen molar-refractivity contribution in [1.29, 1.82) is 0 Å². The van der Waals surface area contributed by atoms with Crippen LogP contribution in [0.15, 0.2) is 28.1 Å². The third kappa shape index (κ3) is 2.37. The molecular weight excluding hydrogens is 309 g/mol. The number of esters is 1. The molecule has 2 aromatic rings. The van der Waals surface area contributed by atoms with Gasteiger partial charge in [-0.15, -0.1) is 11.3 Å². The van der Waals surface area contributed by atoms with Gasteiger partial charge in [0.1, 0.15) is 10.8 Å². The van der Waals surface area contributed by atoms with Crippen LogP contribution in [0.1, 0.15) is 10.5 Å². The molecule has 1 aromatic carbocycles. The molecule has 0 aliphatic rings. The van der Waals surface area contributed by atoms with E-state index < -0.39 is 5.97 Å². The van der Waals surface area contributed by atoms with Crippen LogP contribution in [0.3, 0.4) is 0 Å². The van der Waals surface area contributed by atoms with Crippen LogP contribution in [-0.2, 0) is 4.74 Å². The van der Waals surface area contributed by atoms with Gasteiger partial charge in [0, 0.05) is 9.85 Å². The first-order valence-electron chi connectivity index (χ1n) is 4.61. The van der Waals surface area contributed by atoms with Crippen molar-refractivity contribution in [2.45, 2.75) is 0 Å². The van der Waals surface area contributed by atoms with Gasteiger partial charge in [0.15, 0.2) is 5.69 Å². The van der Waals surface area contributed by atoms with E-state index in [0.717, 1.165) is 0 Å². The first-order valence-corrected chi connectivity index (χ1v) is 6.29. The van der Waals surface area contributed by atoms with Crippen molar-refractivity contribution in [3.05, 3.63) is 39.6 Å². The van der Waals surface area contributed by atoms with Crippen LogP contribution in [0.5, 0.6) is 0 Å². The summed E-state index contributed by atoms with van der Waals surface area (Å²) in [6.07, 6.45) is 0. The molecule has 0 saturated heterocycles. The molecule has 0 unspecified atom stereocenters. The zero-order valence-corrected chi connectivity index (χ0v) is 11.1. The van der Waals surface area contributed by atoms with Crippen molar-refractivity contribution in [1.82, 2.24) is 4.98 Å². The zero-order valence-electron chi connectivity index (χ0n) is 8.74. The number of ether oxygens (including phenoxy) is 1. The van der Waals surface area contributed by atoms with Crippen molar-refractivity contribution < 1.29 is 13.9 Å². The summed E-state index contributed by atoms with van der Waals surface area (Å²) in [5.74, 6) is -0.912. The second kappa shape index (κ2) is 4.93. The molecule has 0 aliphatic carbocycles. The van der Waals surface area contributed by atoms with Gasteiger partial charge in [0.25, 0.3) is 0 Å². The first kappa shape index (κ1) is 12.2. The highest BCUT2D eigenvalue weighted by Crippen LogP contribution is 2.32. The lowest BCUT2D eigenvalue weighted by molar-refractivity contribution is 0.0595. The Hall–Kier alpha value is -1.27. The van der Waals surface area contributed by atoms with Crippen LogP contribution < -0.4 is 0 Å². The lowest BCUT2D eigenvalue weighted by Crippen LogP contribution is -2.01. The number of hydrogen-bond donors (Lipinski definition) is 0. The topological polar surface area (TPSA) is 39.2 Å². The third-order valence-corrected chi connectivity index (χ3v) is 3.60. The van der Waals surface area contributed by atoms with Gasteiger partial charge in [-0.25, -0.2) is 14.2 Å². The van der Waals surface area contributed by atoms with Crippen molar-refractivity contribution in [2.24, 2.45) is 0 Å². The van der Waals surface area contributed by atoms with E-state index in [4.69, 9.17) is 0 Å². The molecule has 0 bridgehead atoms. The average molecular weight is 316 g/mol. The fraction of sp³-hybridized carbons (Fsp3) is 0.0909. The quantitative estimate of drug-likeness (QED) is 0.796. The molecule has 0 N–H and O–H groups in total. The number of nitrogens with zero attached hydrogens (tertiary/aromatic N) is 1. The summed E-state index contributed by atoms with van der Waals surface area (Å²) in [6.45, 7) is 0. The van der Waals surface area contributed by atoms with Crippen molar-refractivity contribution >= 4 is 33.2 Å². The first-order chi connectivity index (χ1) is 8.13. The molecule has 1 heterocycles. The van der Waals surface area contributed by atoms with E-state index in [9.17, 15) is 9.18 Å². The minimum atomic E-state index is -0.528. The minimum Gasteiger partial charge on any atom is -0.464 e. The summed E-state index contributed by atoms with van der Waals surface area (Å²) in [6, 6.07) is 4.66. The molecule has 88 valence electrons. The SMILES string of the molecule is COC(=O)c1csc(-c2c(F)cccc2Br)n1. The molecule has 2 rings (SSSR count). The van der Waals surface area contributed by atoms with Crippen molar-refractivity contribution in [3.63, 3.8) is 0 Å². The van der Waals surface area contributed by atoms with Gasteiger partial charge in [-0.3, -0.25) is 0 Å². The summed E-state index contributed by atoms with van der Waals surface area (Å²) in [7, 11) is 1.28. The molecule has 3 nitrogen and oxygen atoms in total. The number of thiazole rings is 1. The molecule has 0 spiro atoms. The molecule has 0 aliphatic heterocycles. The lowest BCUT2D eigenvalue weighted by atomic mass is 10.2. The lowest BCUT2D eigenvalue weighted by Gasteiger charge is -2.01. The van der Waals surface area contributed by atoms with Crippen LogP contribution in [0, 0.1) is 5.82 Å². The molecule has 0 amide bonds. The Bertz CT molecular complexity index is 550. The van der Waals surface area contributed by atoms with Crippen LogP contribution >= 0.6 is 27.3 Å². The standard InChI is InChI=1S/C11H7BrFNO2S/c1-16-11(15)8-5-17-10(14-8)9-6(12)3-2-4-7(9)13/h2-5H,1H3. The predicted octanol–water partition coefficient (Wildman–Crippen LogP) is 3.50. The number of carbonyl (C=O) groups is 1. The maximum Gasteiger partial charge on any atom is 0.357 e. The van der Waals surface area contributed by atoms with E-state index in [2.05, 4.69) is 25.7 Å². The predicted molar refractivity (Wildman–Crippen MR) is 66.5 cm³/mol. The normalized spacial score (nSPS) is 10.3. The highest BCUT2D eigenvalue weighted by atomic mass is 79.9. The highest BCUT2D eigenvalue weighted by Gasteiger charge is 2.16. The van der Waals surface area contributed by atoms with E-state index in [1.807, 2.05) is 0 Å². The Labute approximate surface area is 109 Å². The Morgan fingerprint density at radius 3 is 2.94 bits per heavy atom. The van der Waals surface area contributed by atoms with E-state index in [1.165, 1.54) is 24.5 Å². The summed E-state index contributed by atoms with van der Waals surface area (Å²) in [5, 5.41) is 1.98. The minimum absolute atomic E-state index is 0.183. The number of halogens is 2. The second-order valence-electron chi connectivity index (χ2n) is 3.13. The van der Waals surface area contributed by atoms with Crippen LogP contribution in [0.4, 0.5) is 4.39 Å². The van der Waals surface area contributed by atoms with Gasteiger partial charge in [0.05, 0.1) is 12.7 Å². The highest BCUT2D eigenvalue weighted by molar-refractivity contribution is 9.10. The van der Waals surface area contributed by atoms with Crippen molar-refractivity contribution in [3.8, 4) is 10.6 Å². The maximum atomic E-state index is 13.6. The number of benzene rings is 1. The van der Waals surface area contributed by atoms with Crippen molar-refractivity contribution in [2.75, 3.05) is 7.11 Å². The zero-order chi connectivity index (χ0) is 12.4. The summed E-state index contributed by atoms with van der Waals surface area (Å²) in [4.78, 5) is 15.3. The van der Waals surface area contributed by atoms with Gasteiger partial charge in [-0.05, 0) is 28.1 Å². The number of hydrogen-bond acceptors (Lipinski definition) is 4. The fourth-order valence-corrected chi connectivity index (χ4v) is 2.80. The molecule has 1 aromatic heterocycles. The van der Waals surface area contributed by atoms with Gasteiger partial charge >= 0.3 is 5.97 Å². The second-order valence-corrected chi connectivity index (χ2v) is 4.84. The van der Waals surface area contributed by atoms with Gasteiger partial charge in [0.2, 0.25) is 0 Å². The summed E-state index contributed by atoms with van der Waals surface area (Å²) in [5.41, 5.74) is 0.537. The monoisotopic (exact) mass is 315 g/mol. The number of carbonyl (C=O) groups excluding carboxylic acids is 1. The number of aromatic nitrogens is 1.